The SMILES string of the molecule is CNc1snc(C)c1-c1nc(N2CCOCC2)no1. The van der Waals surface area contributed by atoms with Crippen molar-refractivity contribution in [2.24, 2.45) is 0 Å². The number of hydrogen-bond donors (Lipinski definition) is 1. The number of nitrogens with one attached hydrogen (secondary N) is 1. The van der Waals surface area contributed by atoms with Gasteiger partial charge in [0.2, 0.25) is 0 Å². The zero-order valence-electron chi connectivity index (χ0n) is 10.8. The fourth-order valence-corrected chi connectivity index (χ4v) is 2.74. The number of nitrogens with zero attached hydrogens (tertiary/aromatic N) is 4. The van der Waals surface area contributed by atoms with Gasteiger partial charge in [0.1, 0.15) is 5.00 Å². The van der Waals surface area contributed by atoms with Gasteiger partial charge in [0.25, 0.3) is 11.8 Å². The van der Waals surface area contributed by atoms with E-state index >= 15 is 0 Å². The lowest BCUT2D eigenvalue weighted by molar-refractivity contribution is 0.121. The van der Waals surface area contributed by atoms with E-state index in [0.717, 1.165) is 29.3 Å². The average Bonchev–Trinajstić information content (AvgIpc) is 3.05. The molecule has 19 heavy (non-hydrogen) atoms. The standard InChI is InChI=1S/C11H15N5O2S/c1-7-8(10(12-2)19-15-7)9-13-11(14-18-9)16-3-5-17-6-4-16/h12H,3-6H2,1-2H3. The van der Waals surface area contributed by atoms with Crippen molar-refractivity contribution < 1.29 is 9.26 Å². The fraction of sp³-hybridized carbons (Fsp3) is 0.545. The van der Waals surface area contributed by atoms with E-state index in [1.54, 1.807) is 0 Å². The van der Waals surface area contributed by atoms with Crippen LogP contribution in [0.5, 0.6) is 0 Å². The van der Waals surface area contributed by atoms with Crippen LogP contribution >= 0.6 is 11.5 Å². The maximum absolute atomic E-state index is 5.37. The highest BCUT2D eigenvalue weighted by Crippen LogP contribution is 2.34. The van der Waals surface area contributed by atoms with E-state index in [2.05, 4.69) is 24.7 Å². The third-order valence-electron chi connectivity index (χ3n) is 3.01. The maximum atomic E-state index is 5.37. The quantitative estimate of drug-likeness (QED) is 0.910. The molecule has 102 valence electrons. The first kappa shape index (κ1) is 12.4. The molecule has 3 rings (SSSR count). The third kappa shape index (κ3) is 2.28. The molecule has 1 aliphatic rings. The highest BCUT2D eigenvalue weighted by atomic mass is 32.1. The average molecular weight is 281 g/mol. The molecule has 0 spiro atoms. The van der Waals surface area contributed by atoms with Crippen molar-refractivity contribution in [3.05, 3.63) is 5.69 Å². The largest absolute Gasteiger partial charge is 0.378 e. The van der Waals surface area contributed by atoms with E-state index in [1.807, 2.05) is 14.0 Å². The van der Waals surface area contributed by atoms with Crippen LogP contribution in [0.25, 0.3) is 11.5 Å². The molecule has 0 atom stereocenters. The monoisotopic (exact) mass is 281 g/mol. The second-order valence-electron chi connectivity index (χ2n) is 4.22. The maximum Gasteiger partial charge on any atom is 0.266 e. The molecular weight excluding hydrogens is 266 g/mol. The first-order valence-corrected chi connectivity index (χ1v) is 6.87. The van der Waals surface area contributed by atoms with Crippen LogP contribution in [-0.2, 0) is 4.74 Å². The molecule has 2 aromatic rings. The minimum Gasteiger partial charge on any atom is -0.378 e. The molecule has 2 aromatic heterocycles. The summed E-state index contributed by atoms with van der Waals surface area (Å²) in [4.78, 5) is 6.53. The Labute approximate surface area is 114 Å². The number of aryl methyl sites for hydroxylation is 1. The summed E-state index contributed by atoms with van der Waals surface area (Å²) in [5.41, 5.74) is 1.78. The Morgan fingerprint density at radius 1 is 1.32 bits per heavy atom. The molecule has 1 fully saturated rings. The smallest absolute Gasteiger partial charge is 0.266 e. The Morgan fingerprint density at radius 3 is 2.84 bits per heavy atom. The van der Waals surface area contributed by atoms with Gasteiger partial charge in [-0.25, -0.2) is 0 Å². The van der Waals surface area contributed by atoms with Gasteiger partial charge in [-0.1, -0.05) is 0 Å². The van der Waals surface area contributed by atoms with Gasteiger partial charge in [-0.3, -0.25) is 0 Å². The molecule has 1 aliphatic heterocycles. The van der Waals surface area contributed by atoms with Gasteiger partial charge >= 0.3 is 0 Å². The van der Waals surface area contributed by atoms with Crippen LogP contribution in [0.3, 0.4) is 0 Å². The summed E-state index contributed by atoms with van der Waals surface area (Å²) in [5, 5.41) is 8.08. The molecule has 0 aromatic carbocycles. The Balaban J connectivity index is 1.89. The van der Waals surface area contributed by atoms with Crippen molar-refractivity contribution in [2.45, 2.75) is 6.92 Å². The van der Waals surface area contributed by atoms with Gasteiger partial charge in [0.05, 0.1) is 24.5 Å². The van der Waals surface area contributed by atoms with Crippen molar-refractivity contribution in [3.8, 4) is 11.5 Å². The lowest BCUT2D eigenvalue weighted by Crippen LogP contribution is -2.36. The van der Waals surface area contributed by atoms with Crippen LogP contribution in [0.15, 0.2) is 4.52 Å². The molecular formula is C11H15N5O2S. The van der Waals surface area contributed by atoms with Gasteiger partial charge in [-0.15, -0.1) is 0 Å². The van der Waals surface area contributed by atoms with Gasteiger partial charge < -0.3 is 19.5 Å². The number of rotatable bonds is 3. The number of hydrogen-bond acceptors (Lipinski definition) is 8. The lowest BCUT2D eigenvalue weighted by atomic mass is 10.2. The summed E-state index contributed by atoms with van der Waals surface area (Å²) in [6.07, 6.45) is 0. The Kier molecular flexibility index (Phi) is 3.34. The predicted octanol–water partition coefficient (Wildman–Crippen LogP) is 1.38. The van der Waals surface area contributed by atoms with Crippen LogP contribution in [0.1, 0.15) is 5.69 Å². The molecule has 8 heteroatoms. The minimum atomic E-state index is 0.511. The zero-order valence-corrected chi connectivity index (χ0v) is 11.7. The highest BCUT2D eigenvalue weighted by Gasteiger charge is 2.21. The molecule has 1 saturated heterocycles. The number of anilines is 2. The number of ether oxygens (including phenoxy) is 1. The molecule has 7 nitrogen and oxygen atoms in total. The summed E-state index contributed by atoms with van der Waals surface area (Å²) in [6, 6.07) is 0. The van der Waals surface area contributed by atoms with Crippen LogP contribution < -0.4 is 10.2 Å². The van der Waals surface area contributed by atoms with E-state index in [-0.39, 0.29) is 0 Å². The second kappa shape index (κ2) is 5.14. The fourth-order valence-electron chi connectivity index (χ4n) is 2.00. The number of morpholine rings is 1. The van der Waals surface area contributed by atoms with Crippen molar-refractivity contribution in [3.63, 3.8) is 0 Å². The predicted molar refractivity (Wildman–Crippen MR) is 72.7 cm³/mol. The van der Waals surface area contributed by atoms with Crippen LogP contribution in [-0.4, -0.2) is 47.9 Å². The van der Waals surface area contributed by atoms with Gasteiger partial charge in [-0.2, -0.15) is 9.36 Å². The molecule has 3 heterocycles. The molecule has 1 N–H and O–H groups in total. The van der Waals surface area contributed by atoms with Crippen molar-refractivity contribution in [2.75, 3.05) is 43.6 Å². The Morgan fingerprint density at radius 2 is 2.11 bits per heavy atom. The third-order valence-corrected chi connectivity index (χ3v) is 3.97. The van der Waals surface area contributed by atoms with Crippen LogP contribution in [0.4, 0.5) is 10.9 Å². The minimum absolute atomic E-state index is 0.511. The zero-order chi connectivity index (χ0) is 13.2. The van der Waals surface area contributed by atoms with Gasteiger partial charge in [0.15, 0.2) is 0 Å². The summed E-state index contributed by atoms with van der Waals surface area (Å²) in [7, 11) is 1.86. The van der Waals surface area contributed by atoms with Crippen molar-refractivity contribution in [1.29, 1.82) is 0 Å². The van der Waals surface area contributed by atoms with E-state index in [9.17, 15) is 0 Å². The summed E-state index contributed by atoms with van der Waals surface area (Å²) in [5.74, 6) is 1.13. The van der Waals surface area contributed by atoms with Crippen LogP contribution in [0, 0.1) is 6.92 Å². The summed E-state index contributed by atoms with van der Waals surface area (Å²) < 4.78 is 15.0. The Hall–Kier alpha value is -1.67. The van der Waals surface area contributed by atoms with E-state index < -0.39 is 0 Å². The molecule has 0 radical (unpaired) electrons. The van der Waals surface area contributed by atoms with Crippen molar-refractivity contribution in [1.82, 2.24) is 14.5 Å². The number of aromatic nitrogens is 3. The summed E-state index contributed by atoms with van der Waals surface area (Å²) >= 11 is 1.39. The second-order valence-corrected chi connectivity index (χ2v) is 4.99. The van der Waals surface area contributed by atoms with E-state index in [4.69, 9.17) is 9.26 Å². The molecule has 0 bridgehead atoms. The first-order valence-electron chi connectivity index (χ1n) is 6.10. The van der Waals surface area contributed by atoms with Gasteiger partial charge in [0, 0.05) is 20.1 Å². The summed E-state index contributed by atoms with van der Waals surface area (Å²) in [6.45, 7) is 4.91. The Bertz CT molecular complexity index is 561. The molecule has 0 saturated carbocycles. The van der Waals surface area contributed by atoms with E-state index in [0.29, 0.717) is 25.1 Å². The van der Waals surface area contributed by atoms with E-state index in [1.165, 1.54) is 11.5 Å². The highest BCUT2D eigenvalue weighted by molar-refractivity contribution is 7.10. The molecule has 0 unspecified atom stereocenters. The first-order chi connectivity index (χ1) is 9.29. The molecule has 0 amide bonds. The van der Waals surface area contributed by atoms with Crippen LogP contribution in [0.2, 0.25) is 0 Å². The normalized spacial score (nSPS) is 15.8. The lowest BCUT2D eigenvalue weighted by Gasteiger charge is -2.24. The topological polar surface area (TPSA) is 76.3 Å². The van der Waals surface area contributed by atoms with Crippen molar-refractivity contribution >= 4 is 22.5 Å². The van der Waals surface area contributed by atoms with Gasteiger partial charge in [-0.05, 0) is 23.6 Å². The molecule has 0 aliphatic carbocycles.